The summed E-state index contributed by atoms with van der Waals surface area (Å²) >= 11 is 0. The van der Waals surface area contributed by atoms with Crippen LogP contribution in [0.1, 0.15) is 29.2 Å². The normalized spacial score (nSPS) is 12.9. The molecule has 3 rings (SSSR count). The SMILES string of the molecule is COc1ccc(CC(C(=O)O)C(C)OCc2ccccc2)cc1Cc1ccccc1. The molecule has 0 saturated heterocycles. The first-order valence-electron chi connectivity index (χ1n) is 10.1. The summed E-state index contributed by atoms with van der Waals surface area (Å²) in [6, 6.07) is 25.9. The van der Waals surface area contributed by atoms with Crippen LogP contribution in [0.2, 0.25) is 0 Å². The molecule has 0 fully saturated rings. The van der Waals surface area contributed by atoms with Crippen molar-refractivity contribution >= 4 is 5.97 Å². The maximum atomic E-state index is 12.0. The third kappa shape index (κ3) is 5.94. The van der Waals surface area contributed by atoms with Gasteiger partial charge in [0.1, 0.15) is 5.75 Å². The summed E-state index contributed by atoms with van der Waals surface area (Å²) in [7, 11) is 1.66. The van der Waals surface area contributed by atoms with Crippen LogP contribution < -0.4 is 4.74 Å². The van der Waals surface area contributed by atoms with E-state index in [0.29, 0.717) is 13.0 Å². The van der Waals surface area contributed by atoms with Crippen molar-refractivity contribution in [3.05, 3.63) is 101 Å². The molecule has 2 unspecified atom stereocenters. The molecule has 156 valence electrons. The first kappa shape index (κ1) is 21.6. The van der Waals surface area contributed by atoms with E-state index in [9.17, 15) is 9.90 Å². The fourth-order valence-corrected chi connectivity index (χ4v) is 3.54. The van der Waals surface area contributed by atoms with E-state index in [1.165, 1.54) is 5.56 Å². The fraction of sp³-hybridized carbons (Fsp3) is 0.269. The zero-order chi connectivity index (χ0) is 21.3. The Hall–Kier alpha value is -3.11. The predicted molar refractivity (Wildman–Crippen MR) is 118 cm³/mol. The van der Waals surface area contributed by atoms with Crippen LogP contribution in [0.15, 0.2) is 78.9 Å². The molecule has 0 spiro atoms. The van der Waals surface area contributed by atoms with Crippen molar-refractivity contribution in [1.29, 1.82) is 0 Å². The van der Waals surface area contributed by atoms with E-state index >= 15 is 0 Å². The van der Waals surface area contributed by atoms with Gasteiger partial charge >= 0.3 is 5.97 Å². The highest BCUT2D eigenvalue weighted by molar-refractivity contribution is 5.71. The maximum Gasteiger partial charge on any atom is 0.309 e. The minimum absolute atomic E-state index is 0.396. The Kier molecular flexibility index (Phi) is 7.63. The van der Waals surface area contributed by atoms with Gasteiger partial charge in [-0.25, -0.2) is 0 Å². The number of hydrogen-bond acceptors (Lipinski definition) is 3. The topological polar surface area (TPSA) is 55.8 Å². The van der Waals surface area contributed by atoms with Crippen LogP contribution in [-0.2, 0) is 29.0 Å². The molecule has 1 N–H and O–H groups in total. The number of hydrogen-bond donors (Lipinski definition) is 1. The van der Waals surface area contributed by atoms with Crippen LogP contribution in [-0.4, -0.2) is 24.3 Å². The van der Waals surface area contributed by atoms with E-state index in [0.717, 1.165) is 28.9 Å². The minimum Gasteiger partial charge on any atom is -0.496 e. The van der Waals surface area contributed by atoms with Crippen molar-refractivity contribution in [3.8, 4) is 5.75 Å². The molecule has 30 heavy (non-hydrogen) atoms. The van der Waals surface area contributed by atoms with Gasteiger partial charge < -0.3 is 14.6 Å². The quantitative estimate of drug-likeness (QED) is 0.509. The lowest BCUT2D eigenvalue weighted by Gasteiger charge is -2.21. The molecule has 3 aromatic rings. The van der Waals surface area contributed by atoms with Gasteiger partial charge in [0.15, 0.2) is 0 Å². The number of methoxy groups -OCH3 is 1. The Morgan fingerprint density at radius 3 is 2.13 bits per heavy atom. The lowest BCUT2D eigenvalue weighted by Crippen LogP contribution is -2.30. The molecule has 3 aromatic carbocycles. The molecule has 0 aliphatic heterocycles. The van der Waals surface area contributed by atoms with E-state index in [2.05, 4.69) is 12.1 Å². The molecule has 0 aliphatic rings. The molecule has 4 nitrogen and oxygen atoms in total. The largest absolute Gasteiger partial charge is 0.496 e. The Bertz CT molecular complexity index is 938. The molecule has 0 aromatic heterocycles. The van der Waals surface area contributed by atoms with E-state index in [1.54, 1.807) is 7.11 Å². The van der Waals surface area contributed by atoms with Gasteiger partial charge in [-0.1, -0.05) is 72.8 Å². The highest BCUT2D eigenvalue weighted by Gasteiger charge is 2.26. The van der Waals surface area contributed by atoms with Crippen LogP contribution >= 0.6 is 0 Å². The summed E-state index contributed by atoms with van der Waals surface area (Å²) in [6.45, 7) is 2.23. The lowest BCUT2D eigenvalue weighted by atomic mass is 9.92. The number of aliphatic carboxylic acids is 1. The van der Waals surface area contributed by atoms with E-state index in [-0.39, 0.29) is 0 Å². The second kappa shape index (κ2) is 10.6. The second-order valence-corrected chi connectivity index (χ2v) is 7.46. The summed E-state index contributed by atoms with van der Waals surface area (Å²) in [6.07, 6.45) is 0.717. The maximum absolute atomic E-state index is 12.0. The van der Waals surface area contributed by atoms with Gasteiger partial charge in [-0.05, 0) is 41.7 Å². The van der Waals surface area contributed by atoms with Crippen molar-refractivity contribution in [2.24, 2.45) is 5.92 Å². The monoisotopic (exact) mass is 404 g/mol. The van der Waals surface area contributed by atoms with Crippen molar-refractivity contribution in [2.45, 2.75) is 32.5 Å². The smallest absolute Gasteiger partial charge is 0.309 e. The van der Waals surface area contributed by atoms with Crippen LogP contribution in [0.25, 0.3) is 0 Å². The lowest BCUT2D eigenvalue weighted by molar-refractivity contribution is -0.147. The Morgan fingerprint density at radius 2 is 1.53 bits per heavy atom. The summed E-state index contributed by atoms with van der Waals surface area (Å²) in [5, 5.41) is 9.80. The standard InChI is InChI=1S/C26H28O4/c1-19(30-18-21-11-7-4-8-12-21)24(26(27)28)17-22-13-14-25(29-2)23(16-22)15-20-9-5-3-6-10-20/h3-14,16,19,24H,15,17-18H2,1-2H3,(H,27,28). The average molecular weight is 405 g/mol. The molecule has 0 bridgehead atoms. The molecule has 0 radical (unpaired) electrons. The number of rotatable bonds is 10. The third-order valence-electron chi connectivity index (χ3n) is 5.28. The Balaban J connectivity index is 1.72. The number of carbonyl (C=O) groups is 1. The zero-order valence-corrected chi connectivity index (χ0v) is 17.5. The predicted octanol–water partition coefficient (Wildman–Crippen LogP) is 5.13. The highest BCUT2D eigenvalue weighted by atomic mass is 16.5. The molecule has 0 amide bonds. The zero-order valence-electron chi connectivity index (χ0n) is 17.5. The molecule has 2 atom stereocenters. The van der Waals surface area contributed by atoms with E-state index in [1.807, 2.05) is 73.7 Å². The summed E-state index contributed by atoms with van der Waals surface area (Å²) < 4.78 is 11.4. The van der Waals surface area contributed by atoms with Crippen LogP contribution in [0.3, 0.4) is 0 Å². The number of carboxylic acid groups (broad SMARTS) is 1. The van der Waals surface area contributed by atoms with Crippen molar-refractivity contribution < 1.29 is 19.4 Å². The van der Waals surface area contributed by atoms with Crippen molar-refractivity contribution in [3.63, 3.8) is 0 Å². The summed E-state index contributed by atoms with van der Waals surface area (Å²) in [5.74, 6) is -0.675. The molecule has 0 aliphatic carbocycles. The molecule has 0 heterocycles. The molecular formula is C26H28O4. The van der Waals surface area contributed by atoms with Crippen LogP contribution in [0.5, 0.6) is 5.75 Å². The van der Waals surface area contributed by atoms with Crippen LogP contribution in [0.4, 0.5) is 0 Å². The Labute approximate surface area is 178 Å². The number of carboxylic acids is 1. The van der Waals surface area contributed by atoms with E-state index in [4.69, 9.17) is 9.47 Å². The van der Waals surface area contributed by atoms with Gasteiger partial charge in [0.25, 0.3) is 0 Å². The van der Waals surface area contributed by atoms with Gasteiger partial charge in [0.2, 0.25) is 0 Å². The van der Waals surface area contributed by atoms with Gasteiger partial charge in [0, 0.05) is 6.42 Å². The van der Waals surface area contributed by atoms with Crippen molar-refractivity contribution in [2.75, 3.05) is 7.11 Å². The summed E-state index contributed by atoms with van der Waals surface area (Å²) in [5.41, 5.74) is 4.22. The Morgan fingerprint density at radius 1 is 0.900 bits per heavy atom. The second-order valence-electron chi connectivity index (χ2n) is 7.46. The number of ether oxygens (including phenoxy) is 2. The average Bonchev–Trinajstić information content (AvgIpc) is 2.77. The van der Waals surface area contributed by atoms with Gasteiger partial charge in [-0.15, -0.1) is 0 Å². The highest BCUT2D eigenvalue weighted by Crippen LogP contribution is 2.25. The van der Waals surface area contributed by atoms with Gasteiger partial charge in [0.05, 0.1) is 25.7 Å². The fourth-order valence-electron chi connectivity index (χ4n) is 3.54. The molecular weight excluding hydrogens is 376 g/mol. The van der Waals surface area contributed by atoms with Gasteiger partial charge in [-0.2, -0.15) is 0 Å². The number of benzene rings is 3. The molecule has 4 heteroatoms. The third-order valence-corrected chi connectivity index (χ3v) is 5.28. The van der Waals surface area contributed by atoms with Crippen LogP contribution in [0, 0.1) is 5.92 Å². The first-order chi connectivity index (χ1) is 14.6. The van der Waals surface area contributed by atoms with Crippen molar-refractivity contribution in [1.82, 2.24) is 0 Å². The first-order valence-corrected chi connectivity index (χ1v) is 10.1. The van der Waals surface area contributed by atoms with E-state index < -0.39 is 18.0 Å². The van der Waals surface area contributed by atoms with Gasteiger partial charge in [-0.3, -0.25) is 4.79 Å². The summed E-state index contributed by atoms with van der Waals surface area (Å²) in [4.78, 5) is 12.0. The minimum atomic E-state index is -0.851. The molecule has 0 saturated carbocycles.